The monoisotopic (exact) mass is 431 g/mol. The lowest BCUT2D eigenvalue weighted by Crippen LogP contribution is -2.52. The number of nitrogens with zero attached hydrogens (tertiary/aromatic N) is 1. The Bertz CT molecular complexity index is 998. The zero-order chi connectivity index (χ0) is 23.1. The van der Waals surface area contributed by atoms with Crippen LogP contribution in [0.15, 0.2) is 29.2 Å². The number of halogens is 4. The maximum Gasteiger partial charge on any atom is 0.418 e. The molecular formula is C21H25F4NO4. The lowest BCUT2D eigenvalue weighted by molar-refractivity contribution is -0.271. The molecule has 0 radical (unpaired) electrons. The van der Waals surface area contributed by atoms with Gasteiger partial charge in [-0.3, -0.25) is 4.79 Å². The van der Waals surface area contributed by atoms with Crippen LogP contribution in [0, 0.1) is 19.7 Å². The minimum atomic E-state index is -5.08. The number of rotatable bonds is 6. The number of benzene rings is 1. The summed E-state index contributed by atoms with van der Waals surface area (Å²) in [6.45, 7) is 4.51. The van der Waals surface area contributed by atoms with Gasteiger partial charge < -0.3 is 19.5 Å². The molecule has 9 heteroatoms. The van der Waals surface area contributed by atoms with E-state index in [4.69, 9.17) is 4.74 Å². The van der Waals surface area contributed by atoms with Crippen molar-refractivity contribution in [3.8, 4) is 11.6 Å². The van der Waals surface area contributed by atoms with Crippen molar-refractivity contribution in [3.05, 3.63) is 57.1 Å². The third kappa shape index (κ3) is 4.45. The van der Waals surface area contributed by atoms with Gasteiger partial charge in [0, 0.05) is 17.3 Å². The molecule has 0 saturated carbocycles. The van der Waals surface area contributed by atoms with Crippen molar-refractivity contribution in [3.63, 3.8) is 0 Å². The van der Waals surface area contributed by atoms with Crippen molar-refractivity contribution < 1.29 is 32.5 Å². The van der Waals surface area contributed by atoms with E-state index in [0.29, 0.717) is 0 Å². The van der Waals surface area contributed by atoms with Crippen LogP contribution < -0.4 is 10.2 Å². The Morgan fingerprint density at radius 3 is 2.30 bits per heavy atom. The highest BCUT2D eigenvalue weighted by Gasteiger charge is 2.56. The lowest BCUT2D eigenvalue weighted by Gasteiger charge is -2.39. The Hall–Kier alpha value is -2.55. The zero-order valence-corrected chi connectivity index (χ0v) is 17.4. The summed E-state index contributed by atoms with van der Waals surface area (Å²) in [6, 6.07) is 3.50. The molecule has 0 aliphatic carbocycles. The fourth-order valence-electron chi connectivity index (χ4n) is 3.65. The van der Waals surface area contributed by atoms with Crippen LogP contribution in [-0.2, 0) is 12.0 Å². The number of aryl methyl sites for hydroxylation is 1. The van der Waals surface area contributed by atoms with Crippen LogP contribution in [0.3, 0.4) is 0 Å². The SMILES string of the molecule is COc1ccc(F)cc1C(C)(C)CC(O)(Cn1cc(C)c(=O)c(C)c1O)C(F)(F)F. The molecular weight excluding hydrogens is 406 g/mol. The maximum absolute atomic E-state index is 14.0. The average molecular weight is 431 g/mol. The molecule has 1 atom stereocenters. The van der Waals surface area contributed by atoms with Gasteiger partial charge >= 0.3 is 6.18 Å². The molecule has 1 aromatic heterocycles. The highest BCUT2D eigenvalue weighted by Crippen LogP contribution is 2.44. The van der Waals surface area contributed by atoms with Gasteiger partial charge in [-0.15, -0.1) is 0 Å². The molecule has 2 aromatic rings. The van der Waals surface area contributed by atoms with Crippen molar-refractivity contribution in [2.45, 2.75) is 57.9 Å². The highest BCUT2D eigenvalue weighted by atomic mass is 19.4. The molecule has 166 valence electrons. The van der Waals surface area contributed by atoms with Crippen molar-refractivity contribution >= 4 is 0 Å². The van der Waals surface area contributed by atoms with Crippen molar-refractivity contribution in [1.29, 1.82) is 0 Å². The second kappa shape index (κ2) is 7.94. The molecule has 0 amide bonds. The summed E-state index contributed by atoms with van der Waals surface area (Å²) >= 11 is 0. The molecule has 1 aromatic carbocycles. The molecule has 0 aliphatic rings. The number of hydrogen-bond donors (Lipinski definition) is 2. The maximum atomic E-state index is 14.0. The summed E-state index contributed by atoms with van der Waals surface area (Å²) in [4.78, 5) is 11.9. The summed E-state index contributed by atoms with van der Waals surface area (Å²) in [5.41, 5.74) is -4.99. The van der Waals surface area contributed by atoms with Gasteiger partial charge in [-0.25, -0.2) is 4.39 Å². The quantitative estimate of drug-likeness (QED) is 0.679. The van der Waals surface area contributed by atoms with E-state index in [2.05, 4.69) is 0 Å². The standard InChI is InChI=1S/C21H25F4NO4/c1-12-9-26(18(28)13(2)17(12)27)11-20(29,21(23,24)25)10-19(3,4)15-8-14(22)6-7-16(15)30-5/h6-9,28-29H,10-11H2,1-5H3. The van der Waals surface area contributed by atoms with E-state index in [1.807, 2.05) is 0 Å². The Kier molecular flexibility index (Phi) is 6.28. The lowest BCUT2D eigenvalue weighted by atomic mass is 9.74. The van der Waals surface area contributed by atoms with Crippen LogP contribution in [0.2, 0.25) is 0 Å². The first-order valence-electron chi connectivity index (χ1n) is 9.16. The smallest absolute Gasteiger partial charge is 0.418 e. The molecule has 30 heavy (non-hydrogen) atoms. The average Bonchev–Trinajstić information content (AvgIpc) is 2.63. The Morgan fingerprint density at radius 1 is 1.17 bits per heavy atom. The second-order valence-corrected chi connectivity index (χ2v) is 8.15. The first-order chi connectivity index (χ1) is 13.6. The summed E-state index contributed by atoms with van der Waals surface area (Å²) < 4.78 is 61.8. The van der Waals surface area contributed by atoms with Gasteiger partial charge in [0.1, 0.15) is 11.6 Å². The fraction of sp³-hybridized carbons (Fsp3) is 0.476. The van der Waals surface area contributed by atoms with Gasteiger partial charge in [0.15, 0.2) is 16.9 Å². The van der Waals surface area contributed by atoms with E-state index < -0.39 is 47.3 Å². The van der Waals surface area contributed by atoms with Gasteiger partial charge in [0.25, 0.3) is 0 Å². The van der Waals surface area contributed by atoms with Crippen LogP contribution in [0.4, 0.5) is 17.6 Å². The second-order valence-electron chi connectivity index (χ2n) is 8.15. The molecule has 5 nitrogen and oxygen atoms in total. The van der Waals surface area contributed by atoms with Crippen LogP contribution >= 0.6 is 0 Å². The van der Waals surface area contributed by atoms with Crippen LogP contribution in [0.5, 0.6) is 11.6 Å². The van der Waals surface area contributed by atoms with Crippen LogP contribution in [0.25, 0.3) is 0 Å². The molecule has 2 N–H and O–H groups in total. The molecule has 0 bridgehead atoms. The van der Waals surface area contributed by atoms with E-state index in [-0.39, 0.29) is 22.4 Å². The Labute approximate surface area is 171 Å². The number of alkyl halides is 3. The van der Waals surface area contributed by atoms with Gasteiger partial charge in [-0.05, 0) is 43.9 Å². The third-order valence-electron chi connectivity index (χ3n) is 5.24. The fourth-order valence-corrected chi connectivity index (χ4v) is 3.65. The topological polar surface area (TPSA) is 71.7 Å². The molecule has 2 rings (SSSR count). The largest absolute Gasteiger partial charge is 0.496 e. The molecule has 0 saturated heterocycles. The predicted octanol–water partition coefficient (Wildman–Crippen LogP) is 3.98. The molecule has 0 spiro atoms. The Balaban J connectivity index is 2.56. The summed E-state index contributed by atoms with van der Waals surface area (Å²) in [7, 11) is 1.31. The van der Waals surface area contributed by atoms with E-state index in [0.717, 1.165) is 22.9 Å². The minimum Gasteiger partial charge on any atom is -0.496 e. The van der Waals surface area contributed by atoms with Crippen molar-refractivity contribution in [1.82, 2.24) is 4.57 Å². The number of aromatic hydroxyl groups is 1. The van der Waals surface area contributed by atoms with Crippen molar-refractivity contribution in [2.24, 2.45) is 0 Å². The number of pyridine rings is 1. The normalized spacial score (nSPS) is 14.5. The van der Waals surface area contributed by atoms with Crippen LogP contribution in [0.1, 0.15) is 37.0 Å². The number of aromatic nitrogens is 1. The third-order valence-corrected chi connectivity index (χ3v) is 5.24. The van der Waals surface area contributed by atoms with E-state index in [9.17, 15) is 32.6 Å². The van der Waals surface area contributed by atoms with E-state index >= 15 is 0 Å². The first-order valence-corrected chi connectivity index (χ1v) is 9.16. The first kappa shape index (κ1) is 23.7. The van der Waals surface area contributed by atoms with E-state index in [1.165, 1.54) is 40.9 Å². The number of methoxy groups -OCH3 is 1. The van der Waals surface area contributed by atoms with Crippen LogP contribution in [-0.4, -0.2) is 33.7 Å². The highest BCUT2D eigenvalue weighted by molar-refractivity contribution is 5.40. The zero-order valence-electron chi connectivity index (χ0n) is 17.4. The molecule has 0 aliphatic heterocycles. The summed E-state index contributed by atoms with van der Waals surface area (Å²) in [5, 5.41) is 20.9. The molecule has 1 heterocycles. The Morgan fingerprint density at radius 2 is 1.77 bits per heavy atom. The molecule has 1 unspecified atom stereocenters. The van der Waals surface area contributed by atoms with Gasteiger partial charge in [0.2, 0.25) is 0 Å². The van der Waals surface area contributed by atoms with Gasteiger partial charge in [-0.1, -0.05) is 13.8 Å². The minimum absolute atomic E-state index is 0.120. The number of hydrogen-bond acceptors (Lipinski definition) is 4. The summed E-state index contributed by atoms with van der Waals surface area (Å²) in [6.07, 6.45) is -4.87. The summed E-state index contributed by atoms with van der Waals surface area (Å²) in [5.74, 6) is -1.13. The van der Waals surface area contributed by atoms with Crippen molar-refractivity contribution in [2.75, 3.05) is 7.11 Å². The number of ether oxygens (including phenoxy) is 1. The van der Waals surface area contributed by atoms with Gasteiger partial charge in [-0.2, -0.15) is 13.2 Å². The number of aliphatic hydroxyl groups is 1. The van der Waals surface area contributed by atoms with Gasteiger partial charge in [0.05, 0.1) is 19.2 Å². The molecule has 0 fully saturated rings. The van der Waals surface area contributed by atoms with E-state index in [1.54, 1.807) is 0 Å². The predicted molar refractivity (Wildman–Crippen MR) is 103 cm³/mol.